The van der Waals surface area contributed by atoms with E-state index in [0.29, 0.717) is 45.1 Å². The lowest BCUT2D eigenvalue weighted by molar-refractivity contribution is -0.274. The van der Waals surface area contributed by atoms with Gasteiger partial charge in [0.05, 0.1) is 29.6 Å². The van der Waals surface area contributed by atoms with Gasteiger partial charge in [-0.15, -0.1) is 13.2 Å². The molecular formula is C28H18F3N5O4S. The van der Waals surface area contributed by atoms with E-state index in [9.17, 15) is 26.9 Å². The summed E-state index contributed by atoms with van der Waals surface area (Å²) in [6.07, 6.45) is -3.40. The summed E-state index contributed by atoms with van der Waals surface area (Å²) in [6.45, 7) is -0.130. The van der Waals surface area contributed by atoms with E-state index in [0.717, 1.165) is 20.7 Å². The van der Waals surface area contributed by atoms with Crippen LogP contribution in [0.1, 0.15) is 16.8 Å². The molecule has 1 aromatic heterocycles. The molecule has 0 fully saturated rings. The average molecular weight is 578 g/mol. The Balaban J connectivity index is 1.46. The number of hydrogen-bond donors (Lipinski definition) is 0. The van der Waals surface area contributed by atoms with E-state index in [1.165, 1.54) is 31.4 Å². The van der Waals surface area contributed by atoms with Crippen molar-refractivity contribution in [3.8, 4) is 40.5 Å². The van der Waals surface area contributed by atoms with Crippen LogP contribution in [0, 0.1) is 22.7 Å². The molecule has 0 N–H and O–H groups in total. The highest BCUT2D eigenvalue weighted by Crippen LogP contribution is 2.44. The van der Waals surface area contributed by atoms with E-state index in [1.807, 2.05) is 6.07 Å². The number of aromatic nitrogens is 1. The van der Waals surface area contributed by atoms with Crippen molar-refractivity contribution in [3.05, 3.63) is 95.8 Å². The predicted octanol–water partition coefficient (Wildman–Crippen LogP) is 5.88. The summed E-state index contributed by atoms with van der Waals surface area (Å²) in [7, 11) is -2.61. The number of halogens is 3. The fraction of sp³-hybridized carbons (Fsp3) is 0.107. The van der Waals surface area contributed by atoms with Gasteiger partial charge in [0.2, 0.25) is 0 Å². The molecule has 0 amide bonds. The van der Waals surface area contributed by atoms with E-state index in [-0.39, 0.29) is 12.2 Å². The van der Waals surface area contributed by atoms with Crippen molar-refractivity contribution < 1.29 is 31.1 Å². The van der Waals surface area contributed by atoms with Crippen LogP contribution in [-0.4, -0.2) is 26.8 Å². The summed E-state index contributed by atoms with van der Waals surface area (Å²) in [5, 5.41) is 18.8. The number of benzene rings is 3. The third-order valence-corrected chi connectivity index (χ3v) is 7.97. The second-order valence-electron chi connectivity index (χ2n) is 8.79. The van der Waals surface area contributed by atoms with Crippen LogP contribution >= 0.6 is 0 Å². The number of hydrogen-bond acceptors (Lipinski definition) is 7. The Bertz CT molecular complexity index is 1830. The smallest absolute Gasteiger partial charge is 0.457 e. The molecule has 0 saturated carbocycles. The number of pyridine rings is 1. The maximum atomic E-state index is 13.3. The standard InChI is InChI=1S/C28H18F3N5O4S/c1-35-27-12-19(25-14-23(8-4-20(25)15-32)39-24-10-11-34-21(13-24)16-33)5-9-26(27)36(41(35,37)38)17-18-2-6-22(7-3-18)40-28(29,30)31/h2-14H,17H2,1H3. The van der Waals surface area contributed by atoms with Gasteiger partial charge in [-0.25, -0.2) is 9.29 Å². The molecule has 1 aliphatic rings. The van der Waals surface area contributed by atoms with Crippen LogP contribution in [0.5, 0.6) is 17.2 Å². The first-order valence-corrected chi connectivity index (χ1v) is 13.2. The first-order chi connectivity index (χ1) is 19.5. The Morgan fingerprint density at radius 3 is 2.27 bits per heavy atom. The quantitative estimate of drug-likeness (QED) is 0.281. The van der Waals surface area contributed by atoms with Crippen molar-refractivity contribution in [2.75, 3.05) is 15.7 Å². The minimum absolute atomic E-state index is 0.130. The van der Waals surface area contributed by atoms with Gasteiger partial charge in [0, 0.05) is 24.9 Å². The second-order valence-corrected chi connectivity index (χ2v) is 10.7. The van der Waals surface area contributed by atoms with E-state index < -0.39 is 22.3 Å². The summed E-state index contributed by atoms with van der Waals surface area (Å²) in [4.78, 5) is 3.90. The van der Waals surface area contributed by atoms with Gasteiger partial charge in [-0.05, 0) is 59.7 Å². The van der Waals surface area contributed by atoms with Crippen molar-refractivity contribution >= 4 is 21.6 Å². The maximum Gasteiger partial charge on any atom is 0.573 e. The zero-order valence-electron chi connectivity index (χ0n) is 21.1. The van der Waals surface area contributed by atoms with Gasteiger partial charge in [-0.3, -0.25) is 4.31 Å². The highest BCUT2D eigenvalue weighted by atomic mass is 32.2. The summed E-state index contributed by atoms with van der Waals surface area (Å²) in [6, 6.07) is 21.8. The number of nitrogens with zero attached hydrogens (tertiary/aromatic N) is 5. The van der Waals surface area contributed by atoms with Crippen LogP contribution in [0.15, 0.2) is 79.0 Å². The van der Waals surface area contributed by atoms with Crippen molar-refractivity contribution in [3.63, 3.8) is 0 Å². The van der Waals surface area contributed by atoms with Crippen LogP contribution in [0.4, 0.5) is 24.5 Å². The average Bonchev–Trinajstić information content (AvgIpc) is 3.13. The summed E-state index contributed by atoms with van der Waals surface area (Å²) in [5.74, 6) is 0.345. The molecule has 3 aromatic carbocycles. The van der Waals surface area contributed by atoms with E-state index in [4.69, 9.17) is 10.00 Å². The Labute approximate surface area is 233 Å². The maximum absolute atomic E-state index is 13.3. The first-order valence-electron chi connectivity index (χ1n) is 11.8. The minimum atomic E-state index is -4.84. The van der Waals surface area contributed by atoms with Gasteiger partial charge in [-0.2, -0.15) is 18.9 Å². The molecule has 1 aliphatic heterocycles. The molecule has 0 bridgehead atoms. The van der Waals surface area contributed by atoms with Crippen LogP contribution in [0.25, 0.3) is 11.1 Å². The molecule has 9 nitrogen and oxygen atoms in total. The van der Waals surface area contributed by atoms with Crippen molar-refractivity contribution in [1.82, 2.24) is 4.98 Å². The SMILES string of the molecule is CN1c2cc(-c3cc(Oc4ccnc(C#N)c4)ccc3C#N)ccc2N(Cc2ccc(OC(F)(F)F)cc2)S1(=O)=O. The molecule has 2 heterocycles. The van der Waals surface area contributed by atoms with Gasteiger partial charge in [0.1, 0.15) is 29.0 Å². The molecular weight excluding hydrogens is 559 g/mol. The fourth-order valence-electron chi connectivity index (χ4n) is 4.27. The molecule has 5 rings (SSSR count). The van der Waals surface area contributed by atoms with Crippen LogP contribution in [0.2, 0.25) is 0 Å². The third kappa shape index (κ3) is 5.57. The summed E-state index contributed by atoms with van der Waals surface area (Å²) >= 11 is 0. The van der Waals surface area contributed by atoms with Crippen molar-refractivity contribution in [2.24, 2.45) is 0 Å². The van der Waals surface area contributed by atoms with E-state index in [2.05, 4.69) is 15.8 Å². The number of rotatable bonds is 6. The first kappa shape index (κ1) is 27.3. The summed E-state index contributed by atoms with van der Waals surface area (Å²) < 4.78 is 76.0. The van der Waals surface area contributed by atoms with Gasteiger partial charge >= 0.3 is 16.6 Å². The van der Waals surface area contributed by atoms with Gasteiger partial charge in [-0.1, -0.05) is 18.2 Å². The molecule has 0 spiro atoms. The lowest BCUT2D eigenvalue weighted by Crippen LogP contribution is -2.35. The highest BCUT2D eigenvalue weighted by Gasteiger charge is 2.38. The molecule has 13 heteroatoms. The van der Waals surface area contributed by atoms with Gasteiger partial charge < -0.3 is 9.47 Å². The van der Waals surface area contributed by atoms with Crippen LogP contribution < -0.4 is 18.1 Å². The lowest BCUT2D eigenvalue weighted by Gasteiger charge is -2.19. The topological polar surface area (TPSA) is 120 Å². The molecule has 0 saturated heterocycles. The second kappa shape index (κ2) is 10.4. The Morgan fingerprint density at radius 2 is 1.59 bits per heavy atom. The van der Waals surface area contributed by atoms with E-state index in [1.54, 1.807) is 42.5 Å². The molecule has 0 unspecified atom stereocenters. The van der Waals surface area contributed by atoms with E-state index >= 15 is 0 Å². The van der Waals surface area contributed by atoms with Gasteiger partial charge in [0.25, 0.3) is 0 Å². The molecule has 0 aliphatic carbocycles. The number of ether oxygens (including phenoxy) is 2. The minimum Gasteiger partial charge on any atom is -0.457 e. The number of nitriles is 2. The van der Waals surface area contributed by atoms with Crippen LogP contribution in [0.3, 0.4) is 0 Å². The highest BCUT2D eigenvalue weighted by molar-refractivity contribution is 7.94. The zero-order valence-corrected chi connectivity index (χ0v) is 21.9. The summed E-state index contributed by atoms with van der Waals surface area (Å²) in [5.41, 5.74) is 2.70. The molecule has 0 atom stereocenters. The van der Waals surface area contributed by atoms with Gasteiger partial charge in [0.15, 0.2) is 0 Å². The third-order valence-electron chi connectivity index (χ3n) is 6.20. The van der Waals surface area contributed by atoms with Crippen LogP contribution in [-0.2, 0) is 16.8 Å². The number of alkyl halides is 3. The Morgan fingerprint density at radius 1 is 0.878 bits per heavy atom. The number of fused-ring (bicyclic) bond motifs is 1. The Kier molecular flexibility index (Phi) is 6.91. The molecule has 4 aromatic rings. The largest absolute Gasteiger partial charge is 0.573 e. The molecule has 206 valence electrons. The molecule has 0 radical (unpaired) electrons. The molecule has 41 heavy (non-hydrogen) atoms. The lowest BCUT2D eigenvalue weighted by atomic mass is 9.99. The Hall–Kier alpha value is -5.27. The zero-order chi connectivity index (χ0) is 29.4. The fourth-order valence-corrected chi connectivity index (χ4v) is 5.68. The number of anilines is 2. The van der Waals surface area contributed by atoms with Crippen molar-refractivity contribution in [1.29, 1.82) is 10.5 Å². The normalized spacial score (nSPS) is 13.7. The van der Waals surface area contributed by atoms with Crippen molar-refractivity contribution in [2.45, 2.75) is 12.9 Å². The predicted molar refractivity (Wildman–Crippen MR) is 142 cm³/mol. The monoisotopic (exact) mass is 577 g/mol.